The van der Waals surface area contributed by atoms with E-state index in [-0.39, 0.29) is 0 Å². The van der Waals surface area contributed by atoms with Gasteiger partial charge in [0.25, 0.3) is 0 Å². The van der Waals surface area contributed by atoms with Crippen molar-refractivity contribution >= 4 is 5.82 Å². The first-order valence-corrected chi connectivity index (χ1v) is 7.66. The first-order valence-electron chi connectivity index (χ1n) is 7.66. The normalized spacial score (nSPS) is 15.4. The van der Waals surface area contributed by atoms with Crippen LogP contribution in [0.4, 0.5) is 5.82 Å². The minimum atomic E-state index is 0.590. The highest BCUT2D eigenvalue weighted by atomic mass is 15.2. The summed E-state index contributed by atoms with van der Waals surface area (Å²) in [6, 6.07) is 2.30. The third-order valence-corrected chi connectivity index (χ3v) is 4.24. The Morgan fingerprint density at radius 1 is 1.37 bits per heavy atom. The van der Waals surface area contributed by atoms with Crippen LogP contribution in [0.25, 0.3) is 0 Å². The lowest BCUT2D eigenvalue weighted by molar-refractivity contribution is 0.544. The van der Waals surface area contributed by atoms with Crippen molar-refractivity contribution in [1.29, 1.82) is 0 Å². The van der Waals surface area contributed by atoms with Crippen LogP contribution in [-0.2, 0) is 19.4 Å². The van der Waals surface area contributed by atoms with Crippen LogP contribution in [0.3, 0.4) is 0 Å². The summed E-state index contributed by atoms with van der Waals surface area (Å²) in [7, 11) is 0. The smallest absolute Gasteiger partial charge is 0.133 e. The van der Waals surface area contributed by atoms with Crippen LogP contribution in [0.15, 0.2) is 6.07 Å². The van der Waals surface area contributed by atoms with E-state index in [2.05, 4.69) is 31.7 Å². The van der Waals surface area contributed by atoms with Crippen molar-refractivity contribution < 1.29 is 0 Å². The van der Waals surface area contributed by atoms with Crippen LogP contribution in [0, 0.1) is 5.92 Å². The molecule has 106 valence electrons. The second-order valence-electron chi connectivity index (χ2n) is 5.69. The quantitative estimate of drug-likeness (QED) is 0.856. The molecule has 1 atom stereocenters. The maximum absolute atomic E-state index is 5.93. The van der Waals surface area contributed by atoms with E-state index in [1.54, 1.807) is 0 Å². The summed E-state index contributed by atoms with van der Waals surface area (Å²) in [5, 5.41) is 0. The highest BCUT2D eigenvalue weighted by Gasteiger charge is 2.19. The SMILES string of the molecule is CCC(C)CN(CC)c1nc2c(cc1CN)CCC2. The Morgan fingerprint density at radius 2 is 2.16 bits per heavy atom. The molecular formula is C16H27N3. The lowest BCUT2D eigenvalue weighted by atomic mass is 10.1. The highest BCUT2D eigenvalue weighted by Crippen LogP contribution is 2.27. The Labute approximate surface area is 117 Å². The summed E-state index contributed by atoms with van der Waals surface area (Å²) in [5.41, 5.74) is 9.87. The molecule has 3 nitrogen and oxygen atoms in total. The number of hydrogen-bond acceptors (Lipinski definition) is 3. The van der Waals surface area contributed by atoms with E-state index < -0.39 is 0 Å². The van der Waals surface area contributed by atoms with Crippen LogP contribution in [0.5, 0.6) is 0 Å². The van der Waals surface area contributed by atoms with Crippen LogP contribution >= 0.6 is 0 Å². The maximum atomic E-state index is 5.93. The van der Waals surface area contributed by atoms with Gasteiger partial charge in [-0.3, -0.25) is 0 Å². The summed E-state index contributed by atoms with van der Waals surface area (Å²) in [6.45, 7) is 9.43. The predicted octanol–water partition coefficient (Wildman–Crippen LogP) is 2.90. The van der Waals surface area contributed by atoms with Crippen molar-refractivity contribution in [3.05, 3.63) is 22.9 Å². The average molecular weight is 261 g/mol. The van der Waals surface area contributed by atoms with Gasteiger partial charge >= 0.3 is 0 Å². The van der Waals surface area contributed by atoms with E-state index >= 15 is 0 Å². The van der Waals surface area contributed by atoms with E-state index in [1.807, 2.05) is 0 Å². The number of aromatic nitrogens is 1. The molecule has 3 heteroatoms. The lowest BCUT2D eigenvalue weighted by Gasteiger charge is -2.27. The molecule has 1 aliphatic carbocycles. The average Bonchev–Trinajstić information content (AvgIpc) is 2.90. The Morgan fingerprint density at radius 3 is 2.79 bits per heavy atom. The molecule has 2 rings (SSSR count). The van der Waals surface area contributed by atoms with Gasteiger partial charge in [-0.15, -0.1) is 0 Å². The third-order valence-electron chi connectivity index (χ3n) is 4.24. The van der Waals surface area contributed by atoms with E-state index in [0.717, 1.165) is 25.3 Å². The molecule has 1 unspecified atom stereocenters. The molecule has 0 saturated carbocycles. The van der Waals surface area contributed by atoms with Crippen molar-refractivity contribution in [2.75, 3.05) is 18.0 Å². The summed E-state index contributed by atoms with van der Waals surface area (Å²) in [5.74, 6) is 1.83. The van der Waals surface area contributed by atoms with Gasteiger partial charge in [0.15, 0.2) is 0 Å². The van der Waals surface area contributed by atoms with Crippen molar-refractivity contribution in [3.8, 4) is 0 Å². The molecule has 0 aromatic carbocycles. The predicted molar refractivity (Wildman–Crippen MR) is 81.5 cm³/mol. The lowest BCUT2D eigenvalue weighted by Crippen LogP contribution is -2.30. The Kier molecular flexibility index (Phi) is 4.81. The minimum Gasteiger partial charge on any atom is -0.356 e. The topological polar surface area (TPSA) is 42.2 Å². The fourth-order valence-corrected chi connectivity index (χ4v) is 2.80. The van der Waals surface area contributed by atoms with Crippen LogP contribution in [0.2, 0.25) is 0 Å². The number of nitrogens with two attached hydrogens (primary N) is 1. The molecule has 1 heterocycles. The van der Waals surface area contributed by atoms with Gasteiger partial charge in [0.05, 0.1) is 0 Å². The number of anilines is 1. The molecule has 1 aromatic rings. The van der Waals surface area contributed by atoms with Crippen LogP contribution in [0.1, 0.15) is 50.4 Å². The molecular weight excluding hydrogens is 234 g/mol. The van der Waals surface area contributed by atoms with Gasteiger partial charge in [-0.2, -0.15) is 0 Å². The summed E-state index contributed by atoms with van der Waals surface area (Å²) >= 11 is 0. The molecule has 19 heavy (non-hydrogen) atoms. The minimum absolute atomic E-state index is 0.590. The van der Waals surface area contributed by atoms with Gasteiger partial charge in [-0.05, 0) is 43.7 Å². The van der Waals surface area contributed by atoms with Crippen LogP contribution in [-0.4, -0.2) is 18.1 Å². The van der Waals surface area contributed by atoms with Crippen molar-refractivity contribution in [1.82, 2.24) is 4.98 Å². The second kappa shape index (κ2) is 6.38. The fraction of sp³-hybridized carbons (Fsp3) is 0.688. The van der Waals surface area contributed by atoms with Crippen molar-refractivity contribution in [2.24, 2.45) is 11.7 Å². The molecule has 2 N–H and O–H groups in total. The summed E-state index contributed by atoms with van der Waals surface area (Å²) in [4.78, 5) is 7.33. The number of nitrogens with zero attached hydrogens (tertiary/aromatic N) is 2. The molecule has 1 aliphatic rings. The number of fused-ring (bicyclic) bond motifs is 1. The molecule has 1 aromatic heterocycles. The zero-order valence-corrected chi connectivity index (χ0v) is 12.6. The summed E-state index contributed by atoms with van der Waals surface area (Å²) < 4.78 is 0. The highest BCUT2D eigenvalue weighted by molar-refractivity contribution is 5.51. The second-order valence-corrected chi connectivity index (χ2v) is 5.69. The van der Waals surface area contributed by atoms with E-state index in [0.29, 0.717) is 12.5 Å². The molecule has 0 fully saturated rings. The Hall–Kier alpha value is -1.09. The number of pyridine rings is 1. The van der Waals surface area contributed by atoms with E-state index in [9.17, 15) is 0 Å². The first kappa shape index (κ1) is 14.3. The van der Waals surface area contributed by atoms with Gasteiger partial charge < -0.3 is 10.6 Å². The number of rotatable bonds is 6. The van der Waals surface area contributed by atoms with Gasteiger partial charge in [0, 0.05) is 30.9 Å². The van der Waals surface area contributed by atoms with Crippen molar-refractivity contribution in [2.45, 2.75) is 53.0 Å². The van der Waals surface area contributed by atoms with Gasteiger partial charge in [0.1, 0.15) is 5.82 Å². The Balaban J connectivity index is 2.30. The first-order chi connectivity index (χ1) is 9.19. The molecule has 0 bridgehead atoms. The van der Waals surface area contributed by atoms with Gasteiger partial charge in [-0.25, -0.2) is 4.98 Å². The standard InChI is InChI=1S/C16H27N3/c1-4-12(3)11-19(5-2)16-14(10-17)9-13-7-6-8-15(13)18-16/h9,12H,4-8,10-11,17H2,1-3H3. The maximum Gasteiger partial charge on any atom is 0.133 e. The molecule has 0 spiro atoms. The van der Waals surface area contributed by atoms with E-state index in [1.165, 1.54) is 36.1 Å². The third kappa shape index (κ3) is 3.08. The number of aryl methyl sites for hydroxylation is 2. The molecule has 0 amide bonds. The van der Waals surface area contributed by atoms with Crippen LogP contribution < -0.4 is 10.6 Å². The monoisotopic (exact) mass is 261 g/mol. The van der Waals surface area contributed by atoms with Gasteiger partial charge in [-0.1, -0.05) is 20.3 Å². The largest absolute Gasteiger partial charge is 0.356 e. The zero-order chi connectivity index (χ0) is 13.8. The van der Waals surface area contributed by atoms with Gasteiger partial charge in [0.2, 0.25) is 0 Å². The van der Waals surface area contributed by atoms with Crippen molar-refractivity contribution in [3.63, 3.8) is 0 Å². The number of hydrogen-bond donors (Lipinski definition) is 1. The Bertz CT molecular complexity index is 428. The fourth-order valence-electron chi connectivity index (χ4n) is 2.80. The molecule has 0 radical (unpaired) electrons. The molecule has 0 saturated heterocycles. The zero-order valence-electron chi connectivity index (χ0n) is 12.6. The van der Waals surface area contributed by atoms with E-state index in [4.69, 9.17) is 10.7 Å². The molecule has 0 aliphatic heterocycles. The summed E-state index contributed by atoms with van der Waals surface area (Å²) in [6.07, 6.45) is 4.76.